The SMILES string of the molecule is CCOC(CC)(CC)c1noc(-c2ccc(N)s2)n1. The Labute approximate surface area is 116 Å². The molecule has 2 aromatic rings. The van der Waals surface area contributed by atoms with Crippen LogP contribution in [0.1, 0.15) is 39.4 Å². The standard InChI is InChI=1S/C13H19N3O2S/c1-4-13(5-2,17-6-3)12-15-11(18-16-12)9-7-8-10(14)19-9/h7-8H,4-6,14H2,1-3H3. The molecule has 0 atom stereocenters. The van der Waals surface area contributed by atoms with Gasteiger partial charge in [-0.3, -0.25) is 0 Å². The second-order valence-corrected chi connectivity index (χ2v) is 5.37. The Balaban J connectivity index is 2.33. The van der Waals surface area contributed by atoms with Crippen LogP contribution in [-0.4, -0.2) is 16.7 Å². The molecule has 0 fully saturated rings. The Morgan fingerprint density at radius 3 is 2.58 bits per heavy atom. The maximum Gasteiger partial charge on any atom is 0.268 e. The van der Waals surface area contributed by atoms with E-state index >= 15 is 0 Å². The molecule has 0 amide bonds. The van der Waals surface area contributed by atoms with E-state index in [1.807, 2.05) is 19.1 Å². The molecule has 2 aromatic heterocycles. The van der Waals surface area contributed by atoms with Gasteiger partial charge in [0.05, 0.1) is 9.88 Å². The number of nitrogens with zero attached hydrogens (tertiary/aromatic N) is 2. The number of ether oxygens (including phenoxy) is 1. The van der Waals surface area contributed by atoms with Crippen LogP contribution < -0.4 is 5.73 Å². The topological polar surface area (TPSA) is 74.2 Å². The molecule has 0 aromatic carbocycles. The van der Waals surface area contributed by atoms with Gasteiger partial charge in [0.1, 0.15) is 5.60 Å². The summed E-state index contributed by atoms with van der Waals surface area (Å²) < 4.78 is 11.2. The van der Waals surface area contributed by atoms with Gasteiger partial charge >= 0.3 is 0 Å². The molecule has 0 aliphatic heterocycles. The van der Waals surface area contributed by atoms with Crippen LogP contribution in [0.3, 0.4) is 0 Å². The predicted molar refractivity (Wildman–Crippen MR) is 75.9 cm³/mol. The molecule has 2 heterocycles. The first-order chi connectivity index (χ1) is 9.15. The lowest BCUT2D eigenvalue weighted by Crippen LogP contribution is -2.29. The van der Waals surface area contributed by atoms with Crippen LogP contribution in [0.5, 0.6) is 0 Å². The van der Waals surface area contributed by atoms with Crippen molar-refractivity contribution >= 4 is 16.3 Å². The van der Waals surface area contributed by atoms with Crippen molar-refractivity contribution in [2.75, 3.05) is 12.3 Å². The van der Waals surface area contributed by atoms with E-state index in [1.54, 1.807) is 0 Å². The van der Waals surface area contributed by atoms with Crippen molar-refractivity contribution in [3.8, 4) is 10.8 Å². The highest BCUT2D eigenvalue weighted by molar-refractivity contribution is 7.19. The zero-order chi connectivity index (χ0) is 13.9. The number of hydrogen-bond acceptors (Lipinski definition) is 6. The van der Waals surface area contributed by atoms with E-state index in [4.69, 9.17) is 15.0 Å². The van der Waals surface area contributed by atoms with Crippen LogP contribution in [0.4, 0.5) is 5.00 Å². The first-order valence-electron chi connectivity index (χ1n) is 6.49. The molecule has 104 valence electrons. The van der Waals surface area contributed by atoms with Gasteiger partial charge in [-0.15, -0.1) is 11.3 Å². The number of hydrogen-bond donors (Lipinski definition) is 1. The number of nitrogens with two attached hydrogens (primary N) is 1. The Bertz CT molecular complexity index is 531. The first-order valence-corrected chi connectivity index (χ1v) is 7.30. The van der Waals surface area contributed by atoms with E-state index in [9.17, 15) is 0 Å². The van der Waals surface area contributed by atoms with Crippen molar-refractivity contribution in [3.63, 3.8) is 0 Å². The molecule has 0 radical (unpaired) electrons. The molecule has 0 saturated heterocycles. The zero-order valence-corrected chi connectivity index (χ0v) is 12.3. The van der Waals surface area contributed by atoms with Crippen molar-refractivity contribution in [2.24, 2.45) is 0 Å². The molecule has 0 unspecified atom stereocenters. The molecular weight excluding hydrogens is 262 g/mol. The third-order valence-electron chi connectivity index (χ3n) is 3.23. The largest absolute Gasteiger partial charge is 0.391 e. The average molecular weight is 281 g/mol. The van der Waals surface area contributed by atoms with E-state index in [2.05, 4.69) is 24.0 Å². The fourth-order valence-electron chi connectivity index (χ4n) is 2.09. The van der Waals surface area contributed by atoms with Gasteiger partial charge in [-0.25, -0.2) is 0 Å². The van der Waals surface area contributed by atoms with Gasteiger partial charge in [0, 0.05) is 6.61 Å². The summed E-state index contributed by atoms with van der Waals surface area (Å²) in [5, 5.41) is 4.82. The van der Waals surface area contributed by atoms with Crippen LogP contribution in [0.15, 0.2) is 16.7 Å². The normalized spacial score (nSPS) is 11.9. The lowest BCUT2D eigenvalue weighted by atomic mass is 9.96. The summed E-state index contributed by atoms with van der Waals surface area (Å²) in [5.41, 5.74) is 5.25. The molecule has 6 heteroatoms. The molecule has 0 bridgehead atoms. The van der Waals surface area contributed by atoms with Crippen LogP contribution in [0.2, 0.25) is 0 Å². The summed E-state index contributed by atoms with van der Waals surface area (Å²) in [6.45, 7) is 6.73. The number of anilines is 1. The minimum atomic E-state index is -0.459. The smallest absolute Gasteiger partial charge is 0.268 e. The number of nitrogen functional groups attached to an aromatic ring is 1. The Morgan fingerprint density at radius 2 is 2.05 bits per heavy atom. The fourth-order valence-corrected chi connectivity index (χ4v) is 2.78. The van der Waals surface area contributed by atoms with Crippen molar-refractivity contribution in [2.45, 2.75) is 39.2 Å². The van der Waals surface area contributed by atoms with E-state index in [0.29, 0.717) is 18.3 Å². The Kier molecular flexibility index (Phi) is 4.21. The van der Waals surface area contributed by atoms with Gasteiger partial charge < -0.3 is 15.0 Å². The summed E-state index contributed by atoms with van der Waals surface area (Å²) in [7, 11) is 0. The number of thiophene rings is 1. The van der Waals surface area contributed by atoms with Gasteiger partial charge in [-0.2, -0.15) is 4.98 Å². The maximum atomic E-state index is 5.86. The third kappa shape index (κ3) is 2.64. The van der Waals surface area contributed by atoms with Crippen LogP contribution in [0, 0.1) is 0 Å². The average Bonchev–Trinajstić information content (AvgIpc) is 3.05. The molecule has 2 rings (SSSR count). The third-order valence-corrected chi connectivity index (χ3v) is 4.14. The van der Waals surface area contributed by atoms with Crippen LogP contribution >= 0.6 is 11.3 Å². The monoisotopic (exact) mass is 281 g/mol. The van der Waals surface area contributed by atoms with Gasteiger partial charge in [-0.05, 0) is 31.9 Å². The Hall–Kier alpha value is -1.40. The molecule has 2 N–H and O–H groups in total. The second kappa shape index (κ2) is 5.71. The predicted octanol–water partition coefficient (Wildman–Crippen LogP) is 3.43. The number of aromatic nitrogens is 2. The molecule has 0 saturated carbocycles. The van der Waals surface area contributed by atoms with Crippen molar-refractivity contribution in [3.05, 3.63) is 18.0 Å². The first kappa shape index (κ1) is 14.0. The highest BCUT2D eigenvalue weighted by Gasteiger charge is 2.34. The molecule has 0 spiro atoms. The highest BCUT2D eigenvalue weighted by atomic mass is 32.1. The zero-order valence-electron chi connectivity index (χ0n) is 11.5. The van der Waals surface area contributed by atoms with E-state index in [0.717, 1.165) is 22.7 Å². The van der Waals surface area contributed by atoms with Gasteiger partial charge in [0.2, 0.25) is 5.82 Å². The molecular formula is C13H19N3O2S. The van der Waals surface area contributed by atoms with Gasteiger partial charge in [0.25, 0.3) is 5.89 Å². The lowest BCUT2D eigenvalue weighted by molar-refractivity contribution is -0.0583. The summed E-state index contributed by atoms with van der Waals surface area (Å²) in [6, 6.07) is 3.72. The fraction of sp³-hybridized carbons (Fsp3) is 0.538. The summed E-state index contributed by atoms with van der Waals surface area (Å²) in [4.78, 5) is 5.36. The minimum Gasteiger partial charge on any atom is -0.391 e. The van der Waals surface area contributed by atoms with Gasteiger partial charge in [0.15, 0.2) is 0 Å². The van der Waals surface area contributed by atoms with Crippen molar-refractivity contribution < 1.29 is 9.26 Å². The highest BCUT2D eigenvalue weighted by Crippen LogP contribution is 2.34. The number of rotatable bonds is 6. The van der Waals surface area contributed by atoms with Crippen molar-refractivity contribution in [1.29, 1.82) is 0 Å². The minimum absolute atomic E-state index is 0.459. The maximum absolute atomic E-state index is 5.86. The van der Waals surface area contributed by atoms with E-state index in [-0.39, 0.29) is 0 Å². The Morgan fingerprint density at radius 1 is 1.32 bits per heavy atom. The van der Waals surface area contributed by atoms with Crippen LogP contribution in [-0.2, 0) is 10.3 Å². The van der Waals surface area contributed by atoms with E-state index < -0.39 is 5.60 Å². The van der Waals surface area contributed by atoms with Crippen molar-refractivity contribution in [1.82, 2.24) is 10.1 Å². The van der Waals surface area contributed by atoms with Gasteiger partial charge in [-0.1, -0.05) is 19.0 Å². The summed E-state index contributed by atoms with van der Waals surface area (Å²) >= 11 is 1.43. The quantitative estimate of drug-likeness (QED) is 0.878. The molecule has 0 aliphatic rings. The molecule has 5 nitrogen and oxygen atoms in total. The molecule has 0 aliphatic carbocycles. The molecule has 19 heavy (non-hydrogen) atoms. The van der Waals surface area contributed by atoms with E-state index in [1.165, 1.54) is 11.3 Å². The van der Waals surface area contributed by atoms with Crippen LogP contribution in [0.25, 0.3) is 10.8 Å². The second-order valence-electron chi connectivity index (χ2n) is 4.26. The summed E-state index contributed by atoms with van der Waals surface area (Å²) in [5.74, 6) is 1.11. The lowest BCUT2D eigenvalue weighted by Gasteiger charge is -2.27. The summed E-state index contributed by atoms with van der Waals surface area (Å²) in [6.07, 6.45) is 1.62.